The van der Waals surface area contributed by atoms with Crippen LogP contribution >= 0.6 is 24.0 Å². The number of guanidine groups is 1. The zero-order valence-corrected chi connectivity index (χ0v) is 22.3. The molecule has 0 aromatic heterocycles. The molecule has 31 heavy (non-hydrogen) atoms. The predicted octanol–water partition coefficient (Wildman–Crippen LogP) is 2.46. The first-order valence-electron chi connectivity index (χ1n) is 10.9. The Morgan fingerprint density at radius 2 is 1.97 bits per heavy atom. The van der Waals surface area contributed by atoms with Crippen LogP contribution in [-0.4, -0.2) is 87.2 Å². The molecule has 0 amide bonds. The molecular weight excluding hydrogens is 527 g/mol. The van der Waals surface area contributed by atoms with Crippen molar-refractivity contribution in [3.63, 3.8) is 0 Å². The van der Waals surface area contributed by atoms with Gasteiger partial charge in [0.2, 0.25) is 0 Å². The monoisotopic (exact) mass is 564 g/mol. The van der Waals surface area contributed by atoms with E-state index in [1.54, 1.807) is 13.8 Å². The highest BCUT2D eigenvalue weighted by Gasteiger charge is 2.41. The highest BCUT2D eigenvalue weighted by Crippen LogP contribution is 2.25. The standard InChI is InChI=1S/C22H36N4O3S.HI/c1-5-23-21(26-11-14-30(27,28)22(3,4)17-26)24-16-20(25-9-12-29-13-10-25)19-8-6-7-18(2)15-19;/h6-8,15,20H,5,9-14,16-17H2,1-4H3,(H,23,24);1H. The molecule has 0 spiro atoms. The Labute approximate surface area is 204 Å². The Hall–Kier alpha value is -0.910. The minimum atomic E-state index is -3.09. The molecule has 9 heteroatoms. The van der Waals surface area contributed by atoms with Crippen LogP contribution in [0, 0.1) is 6.92 Å². The third kappa shape index (κ3) is 6.55. The summed E-state index contributed by atoms with van der Waals surface area (Å²) in [6.07, 6.45) is 0. The molecule has 176 valence electrons. The molecule has 1 aromatic carbocycles. The lowest BCUT2D eigenvalue weighted by atomic mass is 10.0. The van der Waals surface area contributed by atoms with E-state index in [-0.39, 0.29) is 35.8 Å². The Kier molecular flexibility index (Phi) is 9.59. The van der Waals surface area contributed by atoms with Crippen LogP contribution in [0.4, 0.5) is 0 Å². The zero-order chi connectivity index (χ0) is 21.8. The largest absolute Gasteiger partial charge is 0.379 e. The average Bonchev–Trinajstić information content (AvgIpc) is 2.70. The van der Waals surface area contributed by atoms with Crippen molar-refractivity contribution in [1.29, 1.82) is 0 Å². The number of benzene rings is 1. The van der Waals surface area contributed by atoms with E-state index in [2.05, 4.69) is 46.3 Å². The quantitative estimate of drug-likeness (QED) is 0.337. The van der Waals surface area contributed by atoms with Crippen LogP contribution in [0.25, 0.3) is 0 Å². The molecular formula is C22H37IN4O3S. The summed E-state index contributed by atoms with van der Waals surface area (Å²) in [4.78, 5) is 9.52. The molecule has 2 saturated heterocycles. The van der Waals surface area contributed by atoms with Gasteiger partial charge in [-0.2, -0.15) is 0 Å². The van der Waals surface area contributed by atoms with Crippen LogP contribution < -0.4 is 5.32 Å². The average molecular weight is 565 g/mol. The topological polar surface area (TPSA) is 74.2 Å². The van der Waals surface area contributed by atoms with Crippen LogP contribution in [-0.2, 0) is 14.6 Å². The van der Waals surface area contributed by atoms with Gasteiger partial charge < -0.3 is 15.0 Å². The summed E-state index contributed by atoms with van der Waals surface area (Å²) in [5.74, 6) is 0.959. The lowest BCUT2D eigenvalue weighted by molar-refractivity contribution is 0.0179. The fraction of sp³-hybridized carbons (Fsp3) is 0.682. The molecule has 0 saturated carbocycles. The molecule has 1 atom stereocenters. The Balaban J connectivity index is 0.00000341. The second kappa shape index (κ2) is 11.3. The number of aryl methyl sites for hydroxylation is 1. The van der Waals surface area contributed by atoms with E-state index in [1.165, 1.54) is 11.1 Å². The van der Waals surface area contributed by atoms with E-state index < -0.39 is 14.6 Å². The van der Waals surface area contributed by atoms with Gasteiger partial charge in [-0.3, -0.25) is 9.89 Å². The van der Waals surface area contributed by atoms with Crippen molar-refractivity contribution in [2.24, 2.45) is 4.99 Å². The molecule has 0 aliphatic carbocycles. The number of nitrogens with zero attached hydrogens (tertiary/aromatic N) is 3. The zero-order valence-electron chi connectivity index (χ0n) is 19.1. The maximum atomic E-state index is 12.4. The molecule has 1 unspecified atom stereocenters. The molecule has 1 aromatic rings. The van der Waals surface area contributed by atoms with E-state index in [0.29, 0.717) is 19.6 Å². The first-order valence-corrected chi connectivity index (χ1v) is 12.5. The number of rotatable bonds is 5. The smallest absolute Gasteiger partial charge is 0.194 e. The number of hydrogen-bond donors (Lipinski definition) is 1. The Morgan fingerprint density at radius 1 is 1.26 bits per heavy atom. The molecule has 7 nitrogen and oxygen atoms in total. The second-order valence-electron chi connectivity index (χ2n) is 8.77. The van der Waals surface area contributed by atoms with Gasteiger partial charge in [0.05, 0.1) is 36.3 Å². The number of sulfone groups is 1. The second-order valence-corrected chi connectivity index (χ2v) is 11.5. The van der Waals surface area contributed by atoms with Crippen molar-refractivity contribution < 1.29 is 13.2 Å². The summed E-state index contributed by atoms with van der Waals surface area (Å²) in [7, 11) is -3.09. The first kappa shape index (κ1) is 26.3. The number of hydrogen-bond acceptors (Lipinski definition) is 5. The molecule has 2 fully saturated rings. The molecule has 0 bridgehead atoms. The minimum Gasteiger partial charge on any atom is -0.379 e. The van der Waals surface area contributed by atoms with E-state index in [4.69, 9.17) is 9.73 Å². The van der Waals surface area contributed by atoms with Crippen LogP contribution in [0.1, 0.15) is 37.9 Å². The van der Waals surface area contributed by atoms with Gasteiger partial charge in [-0.1, -0.05) is 29.8 Å². The van der Waals surface area contributed by atoms with Gasteiger partial charge in [0.15, 0.2) is 15.8 Å². The molecule has 2 heterocycles. The lowest BCUT2D eigenvalue weighted by Crippen LogP contribution is -2.57. The van der Waals surface area contributed by atoms with Crippen molar-refractivity contribution in [1.82, 2.24) is 15.1 Å². The van der Waals surface area contributed by atoms with Gasteiger partial charge in [0.1, 0.15) is 0 Å². The third-order valence-corrected chi connectivity index (χ3v) is 8.54. The summed E-state index contributed by atoms with van der Waals surface area (Å²) < 4.78 is 29.6. The molecule has 1 N–H and O–H groups in total. The van der Waals surface area contributed by atoms with Crippen LogP contribution in [0.15, 0.2) is 29.3 Å². The summed E-state index contributed by atoms with van der Waals surface area (Å²) >= 11 is 0. The number of morpholine rings is 1. The Morgan fingerprint density at radius 3 is 2.58 bits per heavy atom. The summed E-state index contributed by atoms with van der Waals surface area (Å²) in [6.45, 7) is 13.3. The SMILES string of the molecule is CCNC(=NCC(c1cccc(C)c1)N1CCOCC1)N1CCS(=O)(=O)C(C)(C)C1.I. The van der Waals surface area contributed by atoms with Crippen molar-refractivity contribution >= 4 is 39.8 Å². The summed E-state index contributed by atoms with van der Waals surface area (Å²) in [5, 5.41) is 3.38. The van der Waals surface area contributed by atoms with Gasteiger partial charge in [0, 0.05) is 32.7 Å². The van der Waals surface area contributed by atoms with Crippen molar-refractivity contribution in [3.05, 3.63) is 35.4 Å². The maximum absolute atomic E-state index is 12.4. The van der Waals surface area contributed by atoms with Gasteiger partial charge >= 0.3 is 0 Å². The van der Waals surface area contributed by atoms with Gasteiger partial charge in [0.25, 0.3) is 0 Å². The minimum absolute atomic E-state index is 0. The maximum Gasteiger partial charge on any atom is 0.194 e. The third-order valence-electron chi connectivity index (χ3n) is 6.01. The molecule has 0 radical (unpaired) electrons. The predicted molar refractivity (Wildman–Crippen MR) is 137 cm³/mol. The van der Waals surface area contributed by atoms with E-state index >= 15 is 0 Å². The van der Waals surface area contributed by atoms with Crippen molar-refractivity contribution in [2.45, 2.75) is 38.5 Å². The van der Waals surface area contributed by atoms with Crippen LogP contribution in [0.3, 0.4) is 0 Å². The van der Waals surface area contributed by atoms with E-state index in [1.807, 2.05) is 6.92 Å². The Bertz CT molecular complexity index is 854. The summed E-state index contributed by atoms with van der Waals surface area (Å²) in [6, 6.07) is 8.80. The van der Waals surface area contributed by atoms with Crippen molar-refractivity contribution in [2.75, 3.05) is 58.2 Å². The molecule has 2 aliphatic heterocycles. The van der Waals surface area contributed by atoms with Crippen LogP contribution in [0.5, 0.6) is 0 Å². The fourth-order valence-corrected chi connectivity index (χ4v) is 5.49. The van der Waals surface area contributed by atoms with Crippen LogP contribution in [0.2, 0.25) is 0 Å². The number of ether oxygens (including phenoxy) is 1. The van der Waals surface area contributed by atoms with Gasteiger partial charge in [-0.15, -0.1) is 24.0 Å². The van der Waals surface area contributed by atoms with Gasteiger partial charge in [-0.25, -0.2) is 8.42 Å². The van der Waals surface area contributed by atoms with Crippen molar-refractivity contribution in [3.8, 4) is 0 Å². The normalized spacial score (nSPS) is 22.5. The first-order chi connectivity index (χ1) is 14.2. The van der Waals surface area contributed by atoms with E-state index in [9.17, 15) is 8.42 Å². The highest BCUT2D eigenvalue weighted by molar-refractivity contribution is 14.0. The molecule has 2 aliphatic rings. The number of halogens is 1. The van der Waals surface area contributed by atoms with Gasteiger partial charge in [-0.05, 0) is 33.3 Å². The lowest BCUT2D eigenvalue weighted by Gasteiger charge is -2.39. The molecule has 3 rings (SSSR count). The summed E-state index contributed by atoms with van der Waals surface area (Å²) in [5.41, 5.74) is 2.50. The number of nitrogens with one attached hydrogen (secondary N) is 1. The number of aliphatic imine (C=N–C) groups is 1. The fourth-order valence-electron chi connectivity index (χ4n) is 4.12. The van der Waals surface area contributed by atoms with E-state index in [0.717, 1.165) is 38.8 Å². The highest BCUT2D eigenvalue weighted by atomic mass is 127.